The normalized spacial score (nSPS) is 25.5. The molecule has 6 heteroatoms. The molecule has 0 bridgehead atoms. The van der Waals surface area contributed by atoms with Gasteiger partial charge in [-0.15, -0.1) is 0 Å². The fourth-order valence-electron chi connectivity index (χ4n) is 5.76. The van der Waals surface area contributed by atoms with Crippen LogP contribution >= 0.6 is 0 Å². The molecule has 1 unspecified atom stereocenters. The third kappa shape index (κ3) is 4.14. The van der Waals surface area contributed by atoms with E-state index in [0.29, 0.717) is 24.6 Å². The van der Waals surface area contributed by atoms with Crippen LogP contribution in [0.15, 0.2) is 77.2 Å². The molecule has 34 heavy (non-hydrogen) atoms. The Morgan fingerprint density at radius 1 is 1.03 bits per heavy atom. The highest BCUT2D eigenvalue weighted by molar-refractivity contribution is 5.92. The summed E-state index contributed by atoms with van der Waals surface area (Å²) in [5, 5.41) is 0. The molecule has 2 aliphatic heterocycles. The molecule has 2 aromatic carbocycles. The lowest BCUT2D eigenvalue weighted by atomic mass is 9.85. The van der Waals surface area contributed by atoms with Crippen LogP contribution in [0.1, 0.15) is 65.1 Å². The van der Waals surface area contributed by atoms with Crippen LogP contribution in [0.5, 0.6) is 0 Å². The number of nitrogens with two attached hydrogens (primary N) is 1. The first-order chi connectivity index (χ1) is 16.6. The van der Waals surface area contributed by atoms with E-state index in [1.807, 2.05) is 53.1 Å². The van der Waals surface area contributed by atoms with Gasteiger partial charge in [0.2, 0.25) is 6.41 Å². The van der Waals surface area contributed by atoms with Gasteiger partial charge in [0.1, 0.15) is 5.76 Å². The number of carbonyl (C=O) groups is 2. The maximum atomic E-state index is 13.7. The van der Waals surface area contributed by atoms with E-state index in [4.69, 9.17) is 10.2 Å². The monoisotopic (exact) mass is 457 g/mol. The van der Waals surface area contributed by atoms with Crippen molar-refractivity contribution >= 4 is 12.3 Å². The summed E-state index contributed by atoms with van der Waals surface area (Å²) in [6, 6.07) is 23.7. The van der Waals surface area contributed by atoms with E-state index in [2.05, 4.69) is 24.3 Å². The maximum absolute atomic E-state index is 13.7. The highest BCUT2D eigenvalue weighted by Gasteiger charge is 2.48. The number of hydrogen-bond donors (Lipinski definition) is 1. The summed E-state index contributed by atoms with van der Waals surface area (Å²) < 4.78 is 5.84. The Morgan fingerprint density at radius 3 is 2.32 bits per heavy atom. The Kier molecular flexibility index (Phi) is 6.24. The van der Waals surface area contributed by atoms with Crippen molar-refractivity contribution in [2.75, 3.05) is 13.1 Å². The minimum absolute atomic E-state index is 0.0829. The van der Waals surface area contributed by atoms with Gasteiger partial charge >= 0.3 is 0 Å². The van der Waals surface area contributed by atoms with E-state index < -0.39 is 0 Å². The van der Waals surface area contributed by atoms with Gasteiger partial charge in [0.15, 0.2) is 5.76 Å². The van der Waals surface area contributed by atoms with Crippen LogP contribution in [-0.4, -0.2) is 47.3 Å². The molecule has 5 atom stereocenters. The Morgan fingerprint density at radius 2 is 1.71 bits per heavy atom. The average Bonchev–Trinajstić information content (AvgIpc) is 3.62. The molecule has 3 aromatic rings. The van der Waals surface area contributed by atoms with Crippen LogP contribution in [0, 0.1) is 0 Å². The molecule has 0 radical (unpaired) electrons. The summed E-state index contributed by atoms with van der Waals surface area (Å²) >= 11 is 0. The Labute approximate surface area is 200 Å². The van der Waals surface area contributed by atoms with Crippen LogP contribution in [0.4, 0.5) is 0 Å². The standard InChI is InChI=1S/C28H31N3O3/c1-19(29)25-12-13-26(34-25)28(33)31-17-22(20-8-4-2-5-9-20)16-24(31)27-23(14-15-30(27)18-32)21-10-6-3-7-11-21/h2-13,18-19,22-24,27H,14-17,29H2,1H3/t19-,22-,23+,24-,27?/m0/s1. The molecule has 0 aliphatic carbocycles. The van der Waals surface area contributed by atoms with E-state index in [9.17, 15) is 9.59 Å². The summed E-state index contributed by atoms with van der Waals surface area (Å²) in [6.07, 6.45) is 2.64. The lowest BCUT2D eigenvalue weighted by Crippen LogP contribution is -2.49. The van der Waals surface area contributed by atoms with Crippen LogP contribution in [-0.2, 0) is 4.79 Å². The van der Waals surface area contributed by atoms with Gasteiger partial charge in [0.05, 0.1) is 18.1 Å². The van der Waals surface area contributed by atoms with Crippen molar-refractivity contribution in [2.45, 2.75) is 49.7 Å². The van der Waals surface area contributed by atoms with Gasteiger partial charge in [-0.1, -0.05) is 60.7 Å². The van der Waals surface area contributed by atoms with Gasteiger partial charge in [-0.2, -0.15) is 0 Å². The molecular weight excluding hydrogens is 426 g/mol. The number of likely N-dealkylation sites (tertiary alicyclic amines) is 2. The second-order valence-electron chi connectivity index (χ2n) is 9.50. The zero-order chi connectivity index (χ0) is 23.7. The lowest BCUT2D eigenvalue weighted by molar-refractivity contribution is -0.119. The van der Waals surface area contributed by atoms with Crippen molar-refractivity contribution in [2.24, 2.45) is 5.73 Å². The summed E-state index contributed by atoms with van der Waals surface area (Å²) in [5.74, 6) is 1.13. The molecule has 176 valence electrons. The molecule has 5 rings (SSSR count). The minimum Gasteiger partial charge on any atom is -0.454 e. The molecule has 1 aromatic heterocycles. The third-order valence-electron chi connectivity index (χ3n) is 7.41. The zero-order valence-electron chi connectivity index (χ0n) is 19.4. The molecule has 0 spiro atoms. The van der Waals surface area contributed by atoms with Gasteiger partial charge < -0.3 is 20.0 Å². The largest absolute Gasteiger partial charge is 0.454 e. The SMILES string of the molecule is C[C@H](N)c1ccc(C(=O)N2C[C@@H](c3ccccc3)C[C@H]2C2[C@@H](c3ccccc3)CCN2C=O)o1. The molecular formula is C28H31N3O3. The first-order valence-electron chi connectivity index (χ1n) is 12.0. The molecule has 2 fully saturated rings. The predicted octanol–water partition coefficient (Wildman–Crippen LogP) is 4.31. The second-order valence-corrected chi connectivity index (χ2v) is 9.50. The third-order valence-corrected chi connectivity index (χ3v) is 7.41. The number of rotatable bonds is 6. The van der Waals surface area contributed by atoms with Crippen LogP contribution in [0.3, 0.4) is 0 Å². The summed E-state index contributed by atoms with van der Waals surface area (Å²) in [7, 11) is 0. The average molecular weight is 458 g/mol. The maximum Gasteiger partial charge on any atom is 0.289 e. The van der Waals surface area contributed by atoms with E-state index in [0.717, 1.165) is 19.3 Å². The fraction of sp³-hybridized carbons (Fsp3) is 0.357. The number of benzene rings is 2. The lowest BCUT2D eigenvalue weighted by Gasteiger charge is -2.36. The second kappa shape index (κ2) is 9.47. The number of hydrogen-bond acceptors (Lipinski definition) is 4. The van der Waals surface area contributed by atoms with Crippen molar-refractivity contribution in [3.8, 4) is 0 Å². The summed E-state index contributed by atoms with van der Waals surface area (Å²) in [6.45, 7) is 3.12. The highest BCUT2D eigenvalue weighted by Crippen LogP contribution is 2.43. The van der Waals surface area contributed by atoms with Crippen molar-refractivity contribution < 1.29 is 14.0 Å². The first-order valence-corrected chi connectivity index (χ1v) is 12.0. The number of amides is 2. The molecule has 3 heterocycles. The van der Waals surface area contributed by atoms with Gasteiger partial charge in [0, 0.05) is 24.9 Å². The number of furan rings is 1. The van der Waals surface area contributed by atoms with Crippen molar-refractivity contribution in [1.82, 2.24) is 9.80 Å². The van der Waals surface area contributed by atoms with Crippen LogP contribution in [0.25, 0.3) is 0 Å². The Balaban J connectivity index is 1.52. The number of carbonyl (C=O) groups excluding carboxylic acids is 2. The molecule has 2 N–H and O–H groups in total. The molecule has 2 saturated heterocycles. The Hall–Kier alpha value is -3.38. The van der Waals surface area contributed by atoms with E-state index in [1.165, 1.54) is 11.1 Å². The minimum atomic E-state index is -0.282. The quantitative estimate of drug-likeness (QED) is 0.560. The molecule has 0 saturated carbocycles. The van der Waals surface area contributed by atoms with E-state index in [-0.39, 0.29) is 35.9 Å². The predicted molar refractivity (Wildman–Crippen MR) is 130 cm³/mol. The van der Waals surface area contributed by atoms with Gasteiger partial charge in [-0.05, 0) is 43.0 Å². The zero-order valence-corrected chi connectivity index (χ0v) is 19.4. The van der Waals surface area contributed by atoms with Crippen molar-refractivity contribution in [3.05, 3.63) is 95.4 Å². The van der Waals surface area contributed by atoms with Gasteiger partial charge in [-0.3, -0.25) is 9.59 Å². The van der Waals surface area contributed by atoms with Crippen LogP contribution < -0.4 is 5.73 Å². The van der Waals surface area contributed by atoms with E-state index >= 15 is 0 Å². The molecule has 2 amide bonds. The fourth-order valence-corrected chi connectivity index (χ4v) is 5.76. The Bertz CT molecular complexity index is 1130. The highest BCUT2D eigenvalue weighted by atomic mass is 16.4. The van der Waals surface area contributed by atoms with Crippen molar-refractivity contribution in [3.63, 3.8) is 0 Å². The summed E-state index contributed by atoms with van der Waals surface area (Å²) in [4.78, 5) is 29.7. The first kappa shape index (κ1) is 22.4. The number of nitrogens with zero attached hydrogens (tertiary/aromatic N) is 2. The van der Waals surface area contributed by atoms with Crippen LogP contribution in [0.2, 0.25) is 0 Å². The summed E-state index contributed by atoms with van der Waals surface area (Å²) in [5.41, 5.74) is 8.39. The molecule has 6 nitrogen and oxygen atoms in total. The van der Waals surface area contributed by atoms with Gasteiger partial charge in [-0.25, -0.2) is 0 Å². The van der Waals surface area contributed by atoms with Crippen molar-refractivity contribution in [1.29, 1.82) is 0 Å². The van der Waals surface area contributed by atoms with Gasteiger partial charge in [0.25, 0.3) is 5.91 Å². The topological polar surface area (TPSA) is 79.8 Å². The smallest absolute Gasteiger partial charge is 0.289 e. The van der Waals surface area contributed by atoms with E-state index in [1.54, 1.807) is 12.1 Å². The molecule has 2 aliphatic rings.